The van der Waals surface area contributed by atoms with Crippen molar-refractivity contribution < 1.29 is 24.0 Å². The Balaban J connectivity index is 1.95. The fraction of sp³-hybridized carbons (Fsp3) is 0.286. The van der Waals surface area contributed by atoms with Crippen molar-refractivity contribution in [1.29, 1.82) is 0 Å². The number of non-ortho nitro benzene ring substituents is 1. The largest absolute Gasteiger partial charge is 0.466 e. The summed E-state index contributed by atoms with van der Waals surface area (Å²) < 4.78 is 11.8. The molecule has 0 radical (unpaired) electrons. The zero-order valence-corrected chi connectivity index (χ0v) is 18.4. The molecule has 33 heavy (non-hydrogen) atoms. The second-order valence-corrected chi connectivity index (χ2v) is 7.14. The lowest BCUT2D eigenvalue weighted by molar-refractivity contribution is -0.384. The highest BCUT2D eigenvalue weighted by Crippen LogP contribution is 2.40. The first-order valence-corrected chi connectivity index (χ1v) is 9.81. The van der Waals surface area contributed by atoms with Crippen molar-refractivity contribution in [2.45, 2.75) is 19.8 Å². The van der Waals surface area contributed by atoms with Crippen molar-refractivity contribution in [3.63, 3.8) is 0 Å². The Morgan fingerprint density at radius 2 is 1.94 bits per heavy atom. The number of esters is 2. The van der Waals surface area contributed by atoms with E-state index in [-0.39, 0.29) is 23.4 Å². The molecular weight excluding hydrogens is 432 g/mol. The highest BCUT2D eigenvalue weighted by Gasteiger charge is 2.38. The molecule has 3 rings (SSSR count). The van der Waals surface area contributed by atoms with Gasteiger partial charge in [-0.25, -0.2) is 14.3 Å². The third-order valence-corrected chi connectivity index (χ3v) is 5.03. The monoisotopic (exact) mass is 454 g/mol. The molecule has 0 saturated heterocycles. The molecule has 1 N–H and O–H groups in total. The van der Waals surface area contributed by atoms with Gasteiger partial charge in [0.25, 0.3) is 5.69 Å². The number of ether oxygens (including phenoxy) is 2. The number of benzene rings is 1. The van der Waals surface area contributed by atoms with E-state index < -0.39 is 22.8 Å². The number of carbonyl (C=O) groups excluding carboxylic acids is 2. The highest BCUT2D eigenvalue weighted by molar-refractivity contribution is 5.99. The maximum atomic E-state index is 13.1. The molecule has 2 aromatic rings. The third kappa shape index (κ3) is 4.95. The topological polar surface area (TPSA) is 151 Å². The molecule has 12 heteroatoms. The molecule has 0 fully saturated rings. The maximum absolute atomic E-state index is 13.1. The minimum absolute atomic E-state index is 0.0830. The van der Waals surface area contributed by atoms with Gasteiger partial charge in [0.2, 0.25) is 0 Å². The van der Waals surface area contributed by atoms with E-state index >= 15 is 0 Å². The Bertz CT molecular complexity index is 1200. The number of nitro benzene ring substituents is 1. The molecule has 1 aromatic carbocycles. The number of hydrogen-bond acceptors (Lipinski definition) is 10. The van der Waals surface area contributed by atoms with Gasteiger partial charge in [0.1, 0.15) is 6.61 Å². The standard InChI is InChI=1S/C21H22N6O6/c1-12-17(20(28)32-4)19(14-7-5-8-15(11-14)27(30)31)18(13(2)22-12)21(29)33-10-6-9-16-23-24-25-26(16)3/h5-9,11,19,22H,10H2,1-4H3. The Morgan fingerprint density at radius 1 is 1.24 bits per heavy atom. The van der Waals surface area contributed by atoms with Crippen LogP contribution in [0.4, 0.5) is 5.69 Å². The lowest BCUT2D eigenvalue weighted by Gasteiger charge is -2.30. The van der Waals surface area contributed by atoms with Crippen molar-refractivity contribution in [2.75, 3.05) is 13.7 Å². The molecule has 0 aliphatic carbocycles. The second kappa shape index (κ2) is 9.85. The molecule has 2 heterocycles. The maximum Gasteiger partial charge on any atom is 0.337 e. The van der Waals surface area contributed by atoms with Crippen LogP contribution in [0.2, 0.25) is 0 Å². The number of nitro groups is 1. The van der Waals surface area contributed by atoms with E-state index in [0.717, 1.165) is 0 Å². The first-order valence-electron chi connectivity index (χ1n) is 9.81. The Morgan fingerprint density at radius 3 is 2.55 bits per heavy atom. The molecule has 1 atom stereocenters. The van der Waals surface area contributed by atoms with E-state index in [1.54, 1.807) is 39.1 Å². The smallest absolute Gasteiger partial charge is 0.337 e. The Kier molecular flexibility index (Phi) is 6.96. The van der Waals surface area contributed by atoms with Crippen LogP contribution in [0, 0.1) is 10.1 Å². The summed E-state index contributed by atoms with van der Waals surface area (Å²) in [6.45, 7) is 3.25. The molecule has 12 nitrogen and oxygen atoms in total. The summed E-state index contributed by atoms with van der Waals surface area (Å²) in [5.41, 5.74) is 1.47. The Labute approximate surface area is 188 Å². The number of dihydropyridines is 1. The van der Waals surface area contributed by atoms with E-state index in [4.69, 9.17) is 9.47 Å². The van der Waals surface area contributed by atoms with Gasteiger partial charge in [-0.3, -0.25) is 10.1 Å². The summed E-state index contributed by atoms with van der Waals surface area (Å²) in [4.78, 5) is 36.5. The van der Waals surface area contributed by atoms with E-state index in [0.29, 0.717) is 22.8 Å². The molecule has 1 unspecified atom stereocenters. The van der Waals surface area contributed by atoms with Crippen LogP contribution in [-0.2, 0) is 26.1 Å². The predicted octanol–water partition coefficient (Wildman–Crippen LogP) is 1.78. The van der Waals surface area contributed by atoms with Crippen molar-refractivity contribution in [3.05, 3.63) is 74.4 Å². The number of rotatable bonds is 7. The lowest BCUT2D eigenvalue weighted by atomic mass is 9.80. The second-order valence-electron chi connectivity index (χ2n) is 7.14. The molecular formula is C21H22N6O6. The molecule has 1 aromatic heterocycles. The molecule has 0 amide bonds. The van der Waals surface area contributed by atoms with Gasteiger partial charge in [-0.15, -0.1) is 5.10 Å². The van der Waals surface area contributed by atoms with Crippen LogP contribution >= 0.6 is 0 Å². The van der Waals surface area contributed by atoms with Crippen LogP contribution in [0.15, 0.2) is 52.9 Å². The quantitative estimate of drug-likeness (QED) is 0.372. The average molecular weight is 454 g/mol. The van der Waals surface area contributed by atoms with Crippen molar-refractivity contribution >= 4 is 23.7 Å². The van der Waals surface area contributed by atoms with E-state index in [2.05, 4.69) is 20.8 Å². The van der Waals surface area contributed by atoms with E-state index in [1.165, 1.54) is 30.0 Å². The number of carbonyl (C=O) groups is 2. The van der Waals surface area contributed by atoms with Gasteiger partial charge in [-0.05, 0) is 42.0 Å². The fourth-order valence-corrected chi connectivity index (χ4v) is 3.53. The van der Waals surface area contributed by atoms with Gasteiger partial charge in [0.05, 0.1) is 29.1 Å². The average Bonchev–Trinajstić information content (AvgIpc) is 3.20. The van der Waals surface area contributed by atoms with E-state index in [1.807, 2.05) is 0 Å². The highest BCUT2D eigenvalue weighted by atomic mass is 16.6. The molecule has 0 spiro atoms. The Hall–Kier alpha value is -4.35. The summed E-state index contributed by atoms with van der Waals surface area (Å²) in [7, 11) is 2.89. The minimum Gasteiger partial charge on any atom is -0.466 e. The minimum atomic E-state index is -0.918. The van der Waals surface area contributed by atoms with Gasteiger partial charge in [-0.2, -0.15) is 0 Å². The first kappa shape index (κ1) is 23.3. The summed E-state index contributed by atoms with van der Waals surface area (Å²) in [5, 5.41) is 25.3. The summed E-state index contributed by atoms with van der Waals surface area (Å²) >= 11 is 0. The molecule has 172 valence electrons. The predicted molar refractivity (Wildman–Crippen MR) is 115 cm³/mol. The molecule has 0 saturated carbocycles. The molecule has 1 aliphatic heterocycles. The third-order valence-electron chi connectivity index (χ3n) is 5.03. The van der Waals surface area contributed by atoms with Crippen LogP contribution in [-0.4, -0.2) is 50.8 Å². The van der Waals surface area contributed by atoms with Gasteiger partial charge in [0, 0.05) is 30.6 Å². The van der Waals surface area contributed by atoms with Crippen molar-refractivity contribution in [3.8, 4) is 0 Å². The zero-order chi connectivity index (χ0) is 24.1. The van der Waals surface area contributed by atoms with Crippen molar-refractivity contribution in [2.24, 2.45) is 7.05 Å². The van der Waals surface area contributed by atoms with Gasteiger partial charge >= 0.3 is 11.9 Å². The first-order chi connectivity index (χ1) is 15.7. The van der Waals surface area contributed by atoms with Crippen LogP contribution in [0.3, 0.4) is 0 Å². The van der Waals surface area contributed by atoms with Crippen LogP contribution in [0.25, 0.3) is 6.08 Å². The lowest BCUT2D eigenvalue weighted by Crippen LogP contribution is -2.32. The number of aromatic nitrogens is 4. The zero-order valence-electron chi connectivity index (χ0n) is 18.4. The summed E-state index contributed by atoms with van der Waals surface area (Å²) in [6, 6.07) is 5.77. The van der Waals surface area contributed by atoms with Crippen LogP contribution in [0.5, 0.6) is 0 Å². The SMILES string of the molecule is COC(=O)C1=C(C)NC(C)=C(C(=O)OCC=Cc2nnnn2C)C1c1cccc([N+](=O)[O-])c1. The normalized spacial score (nSPS) is 16.1. The number of hydrogen-bond donors (Lipinski definition) is 1. The summed E-state index contributed by atoms with van der Waals surface area (Å²) in [5.74, 6) is -1.80. The van der Waals surface area contributed by atoms with Crippen LogP contribution in [0.1, 0.15) is 31.2 Å². The number of methoxy groups -OCH3 is 1. The number of nitrogens with zero attached hydrogens (tertiary/aromatic N) is 5. The van der Waals surface area contributed by atoms with Gasteiger partial charge in [0.15, 0.2) is 5.82 Å². The number of nitrogens with one attached hydrogen (secondary N) is 1. The molecule has 0 bridgehead atoms. The van der Waals surface area contributed by atoms with Crippen LogP contribution < -0.4 is 5.32 Å². The van der Waals surface area contributed by atoms with Gasteiger partial charge < -0.3 is 14.8 Å². The van der Waals surface area contributed by atoms with Gasteiger partial charge in [-0.1, -0.05) is 12.1 Å². The number of aryl methyl sites for hydroxylation is 1. The fourth-order valence-electron chi connectivity index (χ4n) is 3.53. The molecule has 1 aliphatic rings. The summed E-state index contributed by atoms with van der Waals surface area (Å²) in [6.07, 6.45) is 3.16. The number of allylic oxidation sites excluding steroid dienone is 2. The van der Waals surface area contributed by atoms with E-state index in [9.17, 15) is 19.7 Å². The number of tetrazole rings is 1. The van der Waals surface area contributed by atoms with Crippen molar-refractivity contribution in [1.82, 2.24) is 25.5 Å².